The number of rotatable bonds is 4. The normalized spacial score (nSPS) is 19.4. The Bertz CT molecular complexity index is 1300. The molecule has 1 aliphatic carbocycles. The van der Waals surface area contributed by atoms with Gasteiger partial charge < -0.3 is 10.6 Å². The number of nitro benzene ring substituents is 1. The summed E-state index contributed by atoms with van der Waals surface area (Å²) in [5.41, 5.74) is 1.37. The van der Waals surface area contributed by atoms with Gasteiger partial charge in [-0.1, -0.05) is 37.6 Å². The lowest BCUT2D eigenvalue weighted by Crippen LogP contribution is -2.39. The molecule has 0 radical (unpaired) electrons. The molecule has 1 atom stereocenters. The van der Waals surface area contributed by atoms with Gasteiger partial charge in [0.1, 0.15) is 5.82 Å². The van der Waals surface area contributed by atoms with E-state index >= 15 is 0 Å². The van der Waals surface area contributed by atoms with E-state index in [0.717, 1.165) is 0 Å². The lowest BCUT2D eigenvalue weighted by Gasteiger charge is -2.39. The van der Waals surface area contributed by atoms with Gasteiger partial charge >= 0.3 is 0 Å². The average molecular weight is 484 g/mol. The highest BCUT2D eigenvalue weighted by Crippen LogP contribution is 2.48. The van der Waals surface area contributed by atoms with Gasteiger partial charge in [-0.05, 0) is 42.5 Å². The molecule has 2 N–H and O–H groups in total. The summed E-state index contributed by atoms with van der Waals surface area (Å²) in [6.45, 7) is 5.64. The summed E-state index contributed by atoms with van der Waals surface area (Å²) in [6, 6.07) is 9.68. The van der Waals surface area contributed by atoms with Gasteiger partial charge in [-0.15, -0.1) is 0 Å². The Labute approximate surface area is 200 Å². The molecule has 1 heterocycles. The van der Waals surface area contributed by atoms with E-state index in [1.807, 2.05) is 13.8 Å². The maximum atomic E-state index is 14.3. The van der Waals surface area contributed by atoms with Crippen LogP contribution in [0.25, 0.3) is 0 Å². The van der Waals surface area contributed by atoms with E-state index in [0.29, 0.717) is 23.4 Å². The van der Waals surface area contributed by atoms with Gasteiger partial charge in [-0.25, -0.2) is 4.39 Å². The minimum atomic E-state index is -0.945. The number of dihydropyridines is 1. The predicted octanol–water partition coefficient (Wildman–Crippen LogP) is 5.63. The molecular weight excluding hydrogens is 461 g/mol. The first-order valence-corrected chi connectivity index (χ1v) is 11.1. The number of amides is 1. The molecule has 0 bridgehead atoms. The molecule has 0 spiro atoms. The van der Waals surface area contributed by atoms with Gasteiger partial charge in [0.2, 0.25) is 0 Å². The maximum Gasteiger partial charge on any atom is 0.269 e. The quantitative estimate of drug-likeness (QED) is 0.433. The molecule has 0 aromatic heterocycles. The zero-order chi connectivity index (χ0) is 24.8. The fraction of sp³-hybridized carbons (Fsp3) is 0.280. The summed E-state index contributed by atoms with van der Waals surface area (Å²) in [5.74, 6) is -2.36. The van der Waals surface area contributed by atoms with Gasteiger partial charge in [0.05, 0.1) is 10.6 Å². The highest BCUT2D eigenvalue weighted by molar-refractivity contribution is 6.31. The van der Waals surface area contributed by atoms with Crippen molar-refractivity contribution in [2.75, 3.05) is 5.32 Å². The monoisotopic (exact) mass is 483 g/mol. The van der Waals surface area contributed by atoms with Crippen LogP contribution in [0.3, 0.4) is 0 Å². The van der Waals surface area contributed by atoms with Crippen molar-refractivity contribution in [3.05, 3.63) is 91.5 Å². The Kier molecular flexibility index (Phi) is 6.03. The molecular formula is C25H23ClFN3O4. The van der Waals surface area contributed by atoms with Crippen molar-refractivity contribution in [1.82, 2.24) is 5.32 Å². The number of non-ortho nitro benzene ring substituents is 1. The first-order chi connectivity index (χ1) is 16.0. The molecule has 2 aromatic carbocycles. The molecule has 0 saturated carbocycles. The number of nitrogens with zero attached hydrogens (tertiary/aromatic N) is 1. The standard InChI is InChI=1S/C25H23ClFN3O4/c1-13-21(24(32)29-18-7-5-4-6-17(18)27)22(15-10-14(30(33)34)8-9-16(15)26)23-19(28-13)11-25(2,3)12-20(23)31/h4-10,22,28H,11-12H2,1-3H3,(H,29,32). The molecule has 4 rings (SSSR count). The van der Waals surface area contributed by atoms with Gasteiger partial charge in [-0.2, -0.15) is 0 Å². The van der Waals surface area contributed by atoms with Crippen molar-refractivity contribution in [3.8, 4) is 0 Å². The molecule has 1 amide bonds. The summed E-state index contributed by atoms with van der Waals surface area (Å²) in [4.78, 5) is 37.7. The van der Waals surface area contributed by atoms with Crippen molar-refractivity contribution in [3.63, 3.8) is 0 Å². The molecule has 0 saturated heterocycles. The minimum Gasteiger partial charge on any atom is -0.362 e. The summed E-state index contributed by atoms with van der Waals surface area (Å²) < 4.78 is 14.3. The molecule has 0 fully saturated rings. The summed E-state index contributed by atoms with van der Waals surface area (Å²) in [6.07, 6.45) is 0.800. The van der Waals surface area contributed by atoms with Crippen LogP contribution in [0.5, 0.6) is 0 Å². The number of carbonyl (C=O) groups is 2. The molecule has 1 unspecified atom stereocenters. The van der Waals surface area contributed by atoms with Crippen molar-refractivity contribution in [2.45, 2.75) is 39.5 Å². The number of halogens is 2. The number of benzene rings is 2. The second-order valence-electron chi connectivity index (χ2n) is 9.33. The SMILES string of the molecule is CC1=C(C(=O)Nc2ccccc2F)C(c2cc([N+](=O)[O-])ccc2Cl)C2=C(CC(C)(C)CC2=O)N1. The second-order valence-corrected chi connectivity index (χ2v) is 9.73. The predicted molar refractivity (Wildman–Crippen MR) is 127 cm³/mol. The molecule has 2 aliphatic rings. The van der Waals surface area contributed by atoms with Crippen LogP contribution < -0.4 is 10.6 Å². The van der Waals surface area contributed by atoms with Gasteiger partial charge in [0.15, 0.2) is 5.78 Å². The first kappa shape index (κ1) is 23.6. The Balaban J connectivity index is 1.89. The average Bonchev–Trinajstić information content (AvgIpc) is 2.73. The smallest absolute Gasteiger partial charge is 0.269 e. The Morgan fingerprint density at radius 1 is 1.24 bits per heavy atom. The van der Waals surface area contributed by atoms with Gasteiger partial charge in [0.25, 0.3) is 11.6 Å². The third-order valence-electron chi connectivity index (χ3n) is 6.11. The van der Waals surface area contributed by atoms with Gasteiger partial charge in [-0.3, -0.25) is 19.7 Å². The number of Topliss-reactive ketones (excluding diaryl/α,β-unsaturated/α-hetero) is 1. The third kappa shape index (κ3) is 4.33. The Morgan fingerprint density at radius 3 is 2.62 bits per heavy atom. The number of ketones is 1. The van der Waals surface area contributed by atoms with Gasteiger partial charge in [0, 0.05) is 52.0 Å². The fourth-order valence-electron chi connectivity index (χ4n) is 4.67. The number of hydrogen-bond acceptors (Lipinski definition) is 5. The minimum absolute atomic E-state index is 0.0208. The highest BCUT2D eigenvalue weighted by atomic mass is 35.5. The topological polar surface area (TPSA) is 101 Å². The van der Waals surface area contributed by atoms with E-state index in [9.17, 15) is 24.1 Å². The molecule has 1 aliphatic heterocycles. The molecule has 9 heteroatoms. The number of carbonyl (C=O) groups excluding carboxylic acids is 2. The lowest BCUT2D eigenvalue weighted by molar-refractivity contribution is -0.384. The largest absolute Gasteiger partial charge is 0.362 e. The van der Waals surface area contributed by atoms with Crippen LogP contribution >= 0.6 is 11.6 Å². The zero-order valence-electron chi connectivity index (χ0n) is 18.9. The van der Waals surface area contributed by atoms with Crippen LogP contribution in [0.15, 0.2) is 65.0 Å². The molecule has 2 aromatic rings. The number of anilines is 1. The number of nitrogens with one attached hydrogen (secondary N) is 2. The van der Waals surface area contributed by atoms with Crippen LogP contribution in [0.2, 0.25) is 5.02 Å². The summed E-state index contributed by atoms with van der Waals surface area (Å²) in [7, 11) is 0. The summed E-state index contributed by atoms with van der Waals surface area (Å²) in [5, 5.41) is 17.4. The number of nitro groups is 1. The first-order valence-electron chi connectivity index (χ1n) is 10.7. The van der Waals surface area contributed by atoms with Crippen molar-refractivity contribution in [1.29, 1.82) is 0 Å². The van der Waals surface area contributed by atoms with E-state index < -0.39 is 22.6 Å². The summed E-state index contributed by atoms with van der Waals surface area (Å²) >= 11 is 6.48. The van der Waals surface area contributed by atoms with E-state index in [4.69, 9.17) is 11.6 Å². The Morgan fingerprint density at radius 2 is 1.94 bits per heavy atom. The van der Waals surface area contributed by atoms with Crippen LogP contribution in [0.4, 0.5) is 15.8 Å². The molecule has 7 nitrogen and oxygen atoms in total. The van der Waals surface area contributed by atoms with Crippen LogP contribution in [0, 0.1) is 21.3 Å². The van der Waals surface area contributed by atoms with E-state index in [1.165, 1.54) is 36.4 Å². The zero-order valence-corrected chi connectivity index (χ0v) is 19.6. The maximum absolute atomic E-state index is 14.3. The van der Waals surface area contributed by atoms with E-state index in [1.54, 1.807) is 13.0 Å². The Hall–Kier alpha value is -3.52. The van der Waals surface area contributed by atoms with Crippen molar-refractivity contribution in [2.24, 2.45) is 5.41 Å². The fourth-order valence-corrected chi connectivity index (χ4v) is 4.89. The van der Waals surface area contributed by atoms with Crippen LogP contribution in [0.1, 0.15) is 45.1 Å². The van der Waals surface area contributed by atoms with E-state index in [-0.39, 0.29) is 45.2 Å². The number of para-hydroxylation sites is 1. The van der Waals surface area contributed by atoms with Crippen molar-refractivity contribution >= 4 is 34.7 Å². The second kappa shape index (κ2) is 8.68. The molecule has 176 valence electrons. The van der Waals surface area contributed by atoms with E-state index in [2.05, 4.69) is 10.6 Å². The van der Waals surface area contributed by atoms with Crippen LogP contribution in [-0.2, 0) is 9.59 Å². The van der Waals surface area contributed by atoms with Crippen molar-refractivity contribution < 1.29 is 18.9 Å². The highest BCUT2D eigenvalue weighted by Gasteiger charge is 2.43. The number of hydrogen-bond donors (Lipinski definition) is 2. The lowest BCUT2D eigenvalue weighted by atomic mass is 9.68. The van der Waals surface area contributed by atoms with Crippen LogP contribution in [-0.4, -0.2) is 16.6 Å². The third-order valence-corrected chi connectivity index (χ3v) is 6.45. The molecule has 34 heavy (non-hydrogen) atoms. The number of allylic oxidation sites excluding steroid dienone is 3.